The summed E-state index contributed by atoms with van der Waals surface area (Å²) in [4.78, 5) is 23.2. The molecule has 1 aromatic heterocycles. The number of nitro groups is 1. The highest BCUT2D eigenvalue weighted by molar-refractivity contribution is 7.80. The number of benzene rings is 3. The lowest BCUT2D eigenvalue weighted by Gasteiger charge is -2.29. The van der Waals surface area contributed by atoms with E-state index in [0.29, 0.717) is 16.5 Å². The molecule has 1 fully saturated rings. The van der Waals surface area contributed by atoms with Crippen molar-refractivity contribution in [1.82, 2.24) is 5.32 Å². The highest BCUT2D eigenvalue weighted by Crippen LogP contribution is 2.48. The van der Waals surface area contributed by atoms with Crippen LogP contribution in [-0.2, 0) is 17.8 Å². The molecule has 40 heavy (non-hydrogen) atoms. The molecule has 1 unspecified atom stereocenters. The summed E-state index contributed by atoms with van der Waals surface area (Å²) >= 11 is -2.88. The van der Waals surface area contributed by atoms with Gasteiger partial charge in [0.25, 0.3) is 18.0 Å². The molecule has 1 heterocycles. The predicted octanol–water partition coefficient (Wildman–Crippen LogP) is 6.12. The fourth-order valence-corrected chi connectivity index (χ4v) is 5.24. The first kappa shape index (κ1) is 27.3. The third kappa shape index (κ3) is 5.17. The Morgan fingerprint density at radius 3 is 2.45 bits per heavy atom. The van der Waals surface area contributed by atoms with E-state index >= 15 is 0 Å². The van der Waals surface area contributed by atoms with Gasteiger partial charge in [0.05, 0.1) is 28.3 Å². The Balaban J connectivity index is 1.66. The lowest BCUT2D eigenvalue weighted by atomic mass is 10.00. The monoisotopic (exact) mass is 572 g/mol. The number of nitrogens with zero attached hydrogens (tertiary/aromatic N) is 2. The fourth-order valence-electron chi connectivity index (χ4n) is 4.67. The molecule has 0 spiro atoms. The van der Waals surface area contributed by atoms with E-state index in [1.54, 1.807) is 6.07 Å². The van der Waals surface area contributed by atoms with Crippen LogP contribution in [0.5, 0.6) is 0 Å². The van der Waals surface area contributed by atoms with Crippen molar-refractivity contribution in [3.8, 4) is 11.3 Å². The number of hydrogen-bond donors (Lipinski definition) is 1. The first-order valence-electron chi connectivity index (χ1n) is 12.1. The summed E-state index contributed by atoms with van der Waals surface area (Å²) in [5.74, 6) is -0.780. The van der Waals surface area contributed by atoms with Crippen LogP contribution in [0.25, 0.3) is 22.3 Å². The minimum atomic E-state index is -3.14. The van der Waals surface area contributed by atoms with Gasteiger partial charge in [0.1, 0.15) is 17.2 Å². The Hall–Kier alpha value is -4.23. The van der Waals surface area contributed by atoms with Crippen LogP contribution < -0.4 is 9.62 Å². The smallest absolute Gasteiger partial charge is 0.278 e. The standard InChI is InChI=1S/C27H22F3N3O6S/c1-31-27(34)24-20-11-18(15-3-4-15)22(12-23(20)39-25(24)16-5-7-17(28)8-6-16)32(40(37)38)13-14-2-9-21(33(35)36)19(10-14)26(29)30/h2,5-12,15,26H,3-4,13H2,1H3,(H,31,34)(H,37,38)/p-1. The summed E-state index contributed by atoms with van der Waals surface area (Å²) < 4.78 is 72.5. The van der Waals surface area contributed by atoms with Gasteiger partial charge in [0.15, 0.2) is 0 Å². The topological polar surface area (TPSA) is 129 Å². The summed E-state index contributed by atoms with van der Waals surface area (Å²) in [5.41, 5.74) is 0.188. The molecule has 1 N–H and O–H groups in total. The lowest BCUT2D eigenvalue weighted by molar-refractivity contribution is -0.386. The molecule has 0 saturated heterocycles. The number of carbonyl (C=O) groups is 1. The zero-order valence-electron chi connectivity index (χ0n) is 20.9. The number of halogens is 3. The predicted molar refractivity (Wildman–Crippen MR) is 140 cm³/mol. The summed E-state index contributed by atoms with van der Waals surface area (Å²) in [6.45, 7) is -0.382. The molecule has 1 aliphatic rings. The van der Waals surface area contributed by atoms with Gasteiger partial charge in [-0.25, -0.2) is 13.2 Å². The van der Waals surface area contributed by atoms with E-state index in [4.69, 9.17) is 4.42 Å². The Bertz CT molecular complexity index is 1650. The van der Waals surface area contributed by atoms with E-state index in [-0.39, 0.29) is 40.6 Å². The molecule has 13 heteroatoms. The molecule has 208 valence electrons. The van der Waals surface area contributed by atoms with Crippen molar-refractivity contribution in [2.75, 3.05) is 11.4 Å². The number of furan rings is 1. The number of rotatable bonds is 9. The first-order valence-corrected chi connectivity index (χ1v) is 13.1. The van der Waals surface area contributed by atoms with Crippen LogP contribution in [0.2, 0.25) is 0 Å². The quantitative estimate of drug-likeness (QED) is 0.146. The minimum absolute atomic E-state index is 0.0133. The van der Waals surface area contributed by atoms with E-state index in [0.717, 1.165) is 29.3 Å². The van der Waals surface area contributed by atoms with E-state index in [2.05, 4.69) is 5.32 Å². The van der Waals surface area contributed by atoms with Crippen LogP contribution in [0.4, 0.5) is 24.5 Å². The number of carbonyl (C=O) groups excluding carboxylic acids is 1. The third-order valence-corrected chi connectivity index (χ3v) is 7.40. The number of alkyl halides is 2. The van der Waals surface area contributed by atoms with E-state index in [9.17, 15) is 36.8 Å². The Kier molecular flexibility index (Phi) is 7.34. The largest absolute Gasteiger partial charge is 0.755 e. The highest BCUT2D eigenvalue weighted by atomic mass is 32.2. The Morgan fingerprint density at radius 2 is 1.88 bits per heavy atom. The van der Waals surface area contributed by atoms with Gasteiger partial charge in [-0.05, 0) is 66.3 Å². The second-order valence-electron chi connectivity index (χ2n) is 9.28. The zero-order valence-corrected chi connectivity index (χ0v) is 21.7. The zero-order chi connectivity index (χ0) is 28.7. The van der Waals surface area contributed by atoms with Crippen LogP contribution in [0.1, 0.15) is 52.2 Å². The number of nitrogens with one attached hydrogen (secondary N) is 1. The lowest BCUT2D eigenvalue weighted by Crippen LogP contribution is -2.26. The van der Waals surface area contributed by atoms with Crippen molar-refractivity contribution in [3.05, 3.63) is 92.8 Å². The van der Waals surface area contributed by atoms with Gasteiger partial charge in [-0.2, -0.15) is 0 Å². The van der Waals surface area contributed by atoms with Gasteiger partial charge in [-0.3, -0.25) is 23.4 Å². The van der Waals surface area contributed by atoms with Crippen molar-refractivity contribution >= 4 is 39.5 Å². The number of amides is 1. The van der Waals surface area contributed by atoms with Crippen LogP contribution in [0, 0.1) is 15.9 Å². The molecule has 5 rings (SSSR count). The highest BCUT2D eigenvalue weighted by Gasteiger charge is 2.32. The number of nitro benzene ring substituents is 1. The molecule has 1 saturated carbocycles. The molecule has 0 radical (unpaired) electrons. The number of fused-ring (bicyclic) bond motifs is 1. The average molecular weight is 573 g/mol. The van der Waals surface area contributed by atoms with Gasteiger partial charge < -0.3 is 14.3 Å². The second kappa shape index (κ2) is 10.7. The van der Waals surface area contributed by atoms with Crippen molar-refractivity contribution < 1.29 is 36.1 Å². The van der Waals surface area contributed by atoms with Crippen LogP contribution in [0.15, 0.2) is 59.0 Å². The minimum Gasteiger partial charge on any atom is -0.755 e. The summed E-state index contributed by atoms with van der Waals surface area (Å²) in [6.07, 6.45) is -1.60. The van der Waals surface area contributed by atoms with Crippen LogP contribution >= 0.6 is 0 Å². The molecule has 1 amide bonds. The molecular weight excluding hydrogens is 551 g/mol. The van der Waals surface area contributed by atoms with E-state index < -0.39 is 45.6 Å². The summed E-state index contributed by atoms with van der Waals surface area (Å²) in [7, 11) is 1.45. The van der Waals surface area contributed by atoms with Gasteiger partial charge in [0.2, 0.25) is 0 Å². The van der Waals surface area contributed by atoms with Gasteiger partial charge in [-0.1, -0.05) is 6.07 Å². The van der Waals surface area contributed by atoms with Crippen molar-refractivity contribution in [2.24, 2.45) is 0 Å². The fraction of sp³-hybridized carbons (Fsp3) is 0.222. The number of hydrogen-bond acceptors (Lipinski definition) is 6. The number of anilines is 1. The van der Waals surface area contributed by atoms with E-state index in [1.165, 1.54) is 43.4 Å². The van der Waals surface area contributed by atoms with Gasteiger partial charge in [0, 0.05) is 41.4 Å². The van der Waals surface area contributed by atoms with Crippen LogP contribution in [-0.4, -0.2) is 26.6 Å². The molecule has 0 bridgehead atoms. The SMILES string of the molecule is CNC(=O)c1c(-c2ccc(F)cc2)oc2cc(N(Cc3ccc([N+](=O)[O-])c(C(F)F)c3)S(=O)[O-])c(C3CC3)cc12. The summed E-state index contributed by atoms with van der Waals surface area (Å²) in [6, 6.07) is 11.6. The van der Waals surface area contributed by atoms with Gasteiger partial charge in [-0.15, -0.1) is 0 Å². The molecule has 1 atom stereocenters. The molecule has 3 aromatic carbocycles. The van der Waals surface area contributed by atoms with Crippen LogP contribution in [0.3, 0.4) is 0 Å². The maximum absolute atomic E-state index is 13.6. The normalized spacial score (nSPS) is 13.9. The average Bonchev–Trinajstić information content (AvgIpc) is 3.71. The molecule has 4 aromatic rings. The van der Waals surface area contributed by atoms with E-state index in [1.807, 2.05) is 0 Å². The molecule has 9 nitrogen and oxygen atoms in total. The van der Waals surface area contributed by atoms with Crippen molar-refractivity contribution in [2.45, 2.75) is 31.7 Å². The second-order valence-corrected chi connectivity index (χ2v) is 10.2. The molecular formula is C27H21F3N3O6S-. The molecule has 0 aliphatic heterocycles. The Morgan fingerprint density at radius 1 is 1.18 bits per heavy atom. The third-order valence-electron chi connectivity index (χ3n) is 6.71. The van der Waals surface area contributed by atoms with Crippen molar-refractivity contribution in [3.63, 3.8) is 0 Å². The first-order chi connectivity index (χ1) is 19.1. The maximum atomic E-state index is 13.6. The Labute approximate surface area is 228 Å². The van der Waals surface area contributed by atoms with Gasteiger partial charge >= 0.3 is 0 Å². The summed E-state index contributed by atoms with van der Waals surface area (Å²) in [5, 5.41) is 14.2. The maximum Gasteiger partial charge on any atom is 0.278 e. The van der Waals surface area contributed by atoms with Crippen molar-refractivity contribution in [1.29, 1.82) is 0 Å². The molecule has 1 aliphatic carbocycles.